The Balaban J connectivity index is 3.01. The van der Waals surface area contributed by atoms with Crippen molar-refractivity contribution in [2.24, 2.45) is 0 Å². The number of hydrogen-bond donors (Lipinski definition) is 1. The quantitative estimate of drug-likeness (QED) is 0.615. The molecular formula is C10H13NO2S. The maximum Gasteiger partial charge on any atom is 0.338 e. The highest BCUT2D eigenvalue weighted by atomic mass is 32.2. The molecule has 76 valence electrons. The van der Waals surface area contributed by atoms with Gasteiger partial charge in [-0.05, 0) is 24.6 Å². The lowest BCUT2D eigenvalue weighted by Crippen LogP contribution is -2.04. The van der Waals surface area contributed by atoms with E-state index in [0.29, 0.717) is 5.56 Å². The molecule has 0 aliphatic rings. The average molecular weight is 211 g/mol. The Kier molecular flexibility index (Phi) is 3.83. The van der Waals surface area contributed by atoms with Gasteiger partial charge in [0, 0.05) is 11.9 Å². The zero-order chi connectivity index (χ0) is 10.6. The van der Waals surface area contributed by atoms with Crippen LogP contribution in [0.25, 0.3) is 0 Å². The third kappa shape index (κ3) is 2.42. The Morgan fingerprint density at radius 2 is 2.21 bits per heavy atom. The van der Waals surface area contributed by atoms with Crippen LogP contribution >= 0.6 is 11.9 Å². The normalized spacial score (nSPS) is 9.64. The predicted molar refractivity (Wildman–Crippen MR) is 59.7 cm³/mol. The van der Waals surface area contributed by atoms with E-state index in [-0.39, 0.29) is 5.97 Å². The number of methoxy groups -OCH3 is 1. The minimum Gasteiger partial charge on any atom is -0.465 e. The molecular weight excluding hydrogens is 198 g/mol. The summed E-state index contributed by atoms with van der Waals surface area (Å²) in [7, 11) is 1.39. The van der Waals surface area contributed by atoms with Gasteiger partial charge in [-0.3, -0.25) is 0 Å². The van der Waals surface area contributed by atoms with Crippen LogP contribution < -0.4 is 4.72 Å². The number of benzene rings is 1. The Morgan fingerprint density at radius 1 is 1.50 bits per heavy atom. The molecule has 0 atom stereocenters. The highest BCUT2D eigenvalue weighted by molar-refractivity contribution is 7.99. The first-order valence-electron chi connectivity index (χ1n) is 4.17. The largest absolute Gasteiger partial charge is 0.465 e. The van der Waals surface area contributed by atoms with Crippen LogP contribution in [0.3, 0.4) is 0 Å². The first kappa shape index (κ1) is 10.9. The lowest BCUT2D eigenvalue weighted by atomic mass is 10.1. The van der Waals surface area contributed by atoms with Crippen LogP contribution in [0.1, 0.15) is 15.9 Å². The summed E-state index contributed by atoms with van der Waals surface area (Å²) in [6, 6.07) is 5.61. The minimum atomic E-state index is -0.299. The summed E-state index contributed by atoms with van der Waals surface area (Å²) in [5.41, 5.74) is 2.43. The highest BCUT2D eigenvalue weighted by Gasteiger charge is 2.09. The Morgan fingerprint density at radius 3 is 2.79 bits per heavy atom. The van der Waals surface area contributed by atoms with Crippen LogP contribution in [-0.4, -0.2) is 19.3 Å². The van der Waals surface area contributed by atoms with Crippen molar-refractivity contribution in [2.45, 2.75) is 6.92 Å². The van der Waals surface area contributed by atoms with Crippen LogP contribution in [0.2, 0.25) is 0 Å². The van der Waals surface area contributed by atoms with E-state index in [1.54, 1.807) is 6.07 Å². The Labute approximate surface area is 88.0 Å². The number of carbonyl (C=O) groups is 1. The van der Waals surface area contributed by atoms with E-state index in [4.69, 9.17) is 0 Å². The fourth-order valence-electron chi connectivity index (χ4n) is 1.13. The molecule has 0 radical (unpaired) electrons. The number of nitrogens with one attached hydrogen (secondary N) is 1. The maximum atomic E-state index is 11.3. The van der Waals surface area contributed by atoms with Gasteiger partial charge in [0.25, 0.3) is 0 Å². The van der Waals surface area contributed by atoms with Crippen molar-refractivity contribution in [2.75, 3.05) is 18.1 Å². The fraction of sp³-hybridized carbons (Fsp3) is 0.300. The first-order valence-corrected chi connectivity index (χ1v) is 5.39. The van der Waals surface area contributed by atoms with Crippen LogP contribution in [0.15, 0.2) is 18.2 Å². The molecule has 0 aromatic heterocycles. The SMILES string of the molecule is COC(=O)c1cc(NSC)ccc1C. The number of ether oxygens (including phenoxy) is 1. The molecule has 0 bridgehead atoms. The second-order valence-electron chi connectivity index (χ2n) is 2.83. The van der Waals surface area contributed by atoms with Crippen molar-refractivity contribution in [3.63, 3.8) is 0 Å². The van der Waals surface area contributed by atoms with Crippen molar-refractivity contribution in [3.05, 3.63) is 29.3 Å². The van der Waals surface area contributed by atoms with Crippen molar-refractivity contribution in [1.29, 1.82) is 0 Å². The van der Waals surface area contributed by atoms with Gasteiger partial charge in [0.05, 0.1) is 12.7 Å². The van der Waals surface area contributed by atoms with Gasteiger partial charge in [-0.1, -0.05) is 18.0 Å². The zero-order valence-corrected chi connectivity index (χ0v) is 9.27. The number of rotatable bonds is 3. The molecule has 0 fully saturated rings. The van der Waals surface area contributed by atoms with Crippen molar-refractivity contribution in [3.8, 4) is 0 Å². The van der Waals surface area contributed by atoms with Crippen LogP contribution in [0.5, 0.6) is 0 Å². The molecule has 0 spiro atoms. The van der Waals surface area contributed by atoms with Crippen LogP contribution in [0.4, 0.5) is 5.69 Å². The molecule has 1 N–H and O–H groups in total. The molecule has 0 saturated carbocycles. The minimum absolute atomic E-state index is 0.299. The van der Waals surface area contributed by atoms with Gasteiger partial charge >= 0.3 is 5.97 Å². The second-order valence-corrected chi connectivity index (χ2v) is 3.44. The lowest BCUT2D eigenvalue weighted by Gasteiger charge is -2.07. The highest BCUT2D eigenvalue weighted by Crippen LogP contribution is 2.17. The molecule has 3 nitrogen and oxygen atoms in total. The molecule has 1 aromatic carbocycles. The van der Waals surface area contributed by atoms with E-state index in [9.17, 15) is 4.79 Å². The smallest absolute Gasteiger partial charge is 0.338 e. The summed E-state index contributed by atoms with van der Waals surface area (Å²) < 4.78 is 7.74. The lowest BCUT2D eigenvalue weighted by molar-refractivity contribution is 0.0600. The Hall–Kier alpha value is -1.16. The third-order valence-electron chi connectivity index (χ3n) is 1.86. The van der Waals surface area contributed by atoms with Crippen molar-refractivity contribution >= 4 is 23.6 Å². The van der Waals surface area contributed by atoms with Gasteiger partial charge in [0.1, 0.15) is 0 Å². The van der Waals surface area contributed by atoms with E-state index >= 15 is 0 Å². The summed E-state index contributed by atoms with van der Waals surface area (Å²) >= 11 is 1.49. The van der Waals surface area contributed by atoms with Gasteiger partial charge in [-0.2, -0.15) is 0 Å². The summed E-state index contributed by atoms with van der Waals surface area (Å²) in [5, 5.41) is 0. The molecule has 0 heterocycles. The molecule has 1 aromatic rings. The molecule has 4 heteroatoms. The average Bonchev–Trinajstić information content (AvgIpc) is 2.20. The molecule has 0 aliphatic heterocycles. The third-order valence-corrected chi connectivity index (χ3v) is 2.30. The van der Waals surface area contributed by atoms with Crippen LogP contribution in [0, 0.1) is 6.92 Å². The molecule has 0 amide bonds. The van der Waals surface area contributed by atoms with Gasteiger partial charge in [0.2, 0.25) is 0 Å². The number of hydrogen-bond acceptors (Lipinski definition) is 4. The van der Waals surface area contributed by atoms with Gasteiger partial charge < -0.3 is 9.46 Å². The van der Waals surface area contributed by atoms with Gasteiger partial charge in [0.15, 0.2) is 0 Å². The number of anilines is 1. The van der Waals surface area contributed by atoms with E-state index < -0.39 is 0 Å². The van der Waals surface area contributed by atoms with E-state index in [2.05, 4.69) is 9.46 Å². The van der Waals surface area contributed by atoms with E-state index in [1.165, 1.54) is 19.1 Å². The molecule has 0 aliphatic carbocycles. The van der Waals surface area contributed by atoms with E-state index in [0.717, 1.165) is 11.3 Å². The topological polar surface area (TPSA) is 38.3 Å². The molecule has 14 heavy (non-hydrogen) atoms. The number of aryl methyl sites for hydroxylation is 1. The van der Waals surface area contributed by atoms with Gasteiger partial charge in [-0.25, -0.2) is 4.79 Å². The molecule has 0 saturated heterocycles. The summed E-state index contributed by atoms with van der Waals surface area (Å²) in [6.07, 6.45) is 1.93. The zero-order valence-electron chi connectivity index (χ0n) is 8.46. The fourth-order valence-corrected chi connectivity index (χ4v) is 1.50. The van der Waals surface area contributed by atoms with Crippen LogP contribution in [-0.2, 0) is 4.74 Å². The first-order chi connectivity index (χ1) is 6.69. The van der Waals surface area contributed by atoms with Crippen molar-refractivity contribution in [1.82, 2.24) is 0 Å². The number of carbonyl (C=O) groups excluding carboxylic acids is 1. The van der Waals surface area contributed by atoms with E-state index in [1.807, 2.05) is 25.3 Å². The van der Waals surface area contributed by atoms with Gasteiger partial charge in [-0.15, -0.1) is 0 Å². The molecule has 0 unspecified atom stereocenters. The Bertz CT molecular complexity index is 339. The summed E-state index contributed by atoms with van der Waals surface area (Å²) in [4.78, 5) is 11.3. The summed E-state index contributed by atoms with van der Waals surface area (Å²) in [6.45, 7) is 1.88. The number of esters is 1. The molecule has 1 rings (SSSR count). The standard InChI is InChI=1S/C10H13NO2S/c1-7-4-5-8(11-14-3)6-9(7)10(12)13-2/h4-6,11H,1-3H3. The monoisotopic (exact) mass is 211 g/mol. The predicted octanol–water partition coefficient (Wildman–Crippen LogP) is 2.47. The summed E-state index contributed by atoms with van der Waals surface area (Å²) in [5.74, 6) is -0.299. The van der Waals surface area contributed by atoms with Crippen molar-refractivity contribution < 1.29 is 9.53 Å². The maximum absolute atomic E-state index is 11.3. The second kappa shape index (κ2) is 4.91.